The molecule has 1 fully saturated rings. The lowest BCUT2D eigenvalue weighted by atomic mass is 9.83. The molecule has 0 saturated carbocycles. The molecule has 0 radical (unpaired) electrons. The number of nitrogens with zero attached hydrogens (tertiary/aromatic N) is 1. The van der Waals surface area contributed by atoms with Crippen LogP contribution in [0.25, 0.3) is 0 Å². The minimum Gasteiger partial charge on any atom is -0.466 e. The highest BCUT2D eigenvalue weighted by atomic mass is 16.5. The first-order valence-corrected chi connectivity index (χ1v) is 7.76. The number of benzene rings is 1. The van der Waals surface area contributed by atoms with Gasteiger partial charge in [-0.05, 0) is 12.5 Å². The molecule has 0 bridgehead atoms. The van der Waals surface area contributed by atoms with E-state index in [1.54, 1.807) is 6.92 Å². The number of hydrogen-bond donors (Lipinski definition) is 1. The van der Waals surface area contributed by atoms with Crippen molar-refractivity contribution in [2.24, 2.45) is 5.92 Å². The van der Waals surface area contributed by atoms with Gasteiger partial charge in [-0.15, -0.1) is 0 Å². The molecule has 128 valence electrons. The fraction of sp³-hybridized carbons (Fsp3) is 0.412. The van der Waals surface area contributed by atoms with Crippen molar-refractivity contribution in [3.63, 3.8) is 0 Å². The molecular formula is C17H20N2O5. The second-order valence-electron chi connectivity index (χ2n) is 5.49. The van der Waals surface area contributed by atoms with E-state index in [9.17, 15) is 19.2 Å². The van der Waals surface area contributed by atoms with Crippen LogP contribution in [0.15, 0.2) is 30.3 Å². The van der Waals surface area contributed by atoms with Crippen LogP contribution in [0.5, 0.6) is 0 Å². The van der Waals surface area contributed by atoms with Gasteiger partial charge in [-0.25, -0.2) is 0 Å². The summed E-state index contributed by atoms with van der Waals surface area (Å²) in [5.41, 5.74) is 0.896. The molecule has 24 heavy (non-hydrogen) atoms. The van der Waals surface area contributed by atoms with Crippen LogP contribution in [0.1, 0.15) is 25.8 Å². The van der Waals surface area contributed by atoms with Crippen LogP contribution in [-0.4, -0.2) is 41.2 Å². The van der Waals surface area contributed by atoms with Crippen molar-refractivity contribution in [2.45, 2.75) is 32.9 Å². The van der Waals surface area contributed by atoms with Crippen LogP contribution in [-0.2, 0) is 30.5 Å². The molecule has 1 N–H and O–H groups in total. The van der Waals surface area contributed by atoms with Crippen molar-refractivity contribution in [1.29, 1.82) is 0 Å². The average Bonchev–Trinajstić information content (AvgIpc) is 2.55. The molecule has 1 aromatic rings. The van der Waals surface area contributed by atoms with Crippen molar-refractivity contribution in [3.8, 4) is 0 Å². The van der Waals surface area contributed by atoms with Crippen LogP contribution < -0.4 is 5.32 Å². The second-order valence-corrected chi connectivity index (χ2v) is 5.49. The molecule has 1 aliphatic heterocycles. The number of amides is 3. The first kappa shape index (κ1) is 17.7. The molecule has 1 aromatic carbocycles. The molecule has 1 heterocycles. The number of nitrogens with one attached hydrogen (secondary N) is 1. The topological polar surface area (TPSA) is 92.8 Å². The summed E-state index contributed by atoms with van der Waals surface area (Å²) in [5.74, 6) is -2.90. The Labute approximate surface area is 140 Å². The van der Waals surface area contributed by atoms with Gasteiger partial charge in [0, 0.05) is 13.5 Å². The molecule has 3 amide bonds. The van der Waals surface area contributed by atoms with Gasteiger partial charge in [0.15, 0.2) is 0 Å². The minimum atomic E-state index is -0.969. The van der Waals surface area contributed by atoms with E-state index >= 15 is 0 Å². The summed E-state index contributed by atoms with van der Waals surface area (Å²) in [6.07, 6.45) is -0.208. The van der Waals surface area contributed by atoms with Crippen molar-refractivity contribution >= 4 is 23.7 Å². The summed E-state index contributed by atoms with van der Waals surface area (Å²) in [6, 6.07) is 8.29. The van der Waals surface area contributed by atoms with E-state index in [1.165, 1.54) is 6.92 Å². The van der Waals surface area contributed by atoms with Gasteiger partial charge in [-0.3, -0.25) is 24.1 Å². The van der Waals surface area contributed by atoms with Gasteiger partial charge in [-0.2, -0.15) is 0 Å². The highest BCUT2D eigenvalue weighted by molar-refractivity contribution is 6.09. The fourth-order valence-corrected chi connectivity index (χ4v) is 2.69. The number of carbonyl (C=O) groups excluding carboxylic acids is 4. The minimum absolute atomic E-state index is 0.195. The maximum atomic E-state index is 12.4. The standard InChI is InChI=1S/C17H20N2O5/c1-3-24-14(21)9-13-15(19(11(2)20)17(13)23)16(22)18-10-12-7-5-4-6-8-12/h4-8,13,15H,3,9-10H2,1-2H3,(H,18,22)/t13-,15-/m1/s1. The van der Waals surface area contributed by atoms with Crippen LogP contribution in [0.3, 0.4) is 0 Å². The predicted molar refractivity (Wildman–Crippen MR) is 84.3 cm³/mol. The summed E-state index contributed by atoms with van der Waals surface area (Å²) < 4.78 is 4.82. The number of β-lactam (4-membered cyclic amide) rings is 1. The molecule has 0 aliphatic carbocycles. The van der Waals surface area contributed by atoms with Crippen molar-refractivity contribution in [1.82, 2.24) is 10.2 Å². The molecule has 7 heteroatoms. The monoisotopic (exact) mass is 332 g/mol. The van der Waals surface area contributed by atoms with Gasteiger partial charge in [0.25, 0.3) is 0 Å². The predicted octanol–water partition coefficient (Wildman–Crippen LogP) is 0.630. The van der Waals surface area contributed by atoms with Crippen molar-refractivity contribution in [3.05, 3.63) is 35.9 Å². The molecule has 1 saturated heterocycles. The molecule has 0 unspecified atom stereocenters. The number of carbonyl (C=O) groups is 4. The zero-order valence-electron chi connectivity index (χ0n) is 13.7. The molecular weight excluding hydrogens is 312 g/mol. The molecule has 2 rings (SSSR count). The number of ether oxygens (including phenoxy) is 1. The van der Waals surface area contributed by atoms with Gasteiger partial charge < -0.3 is 10.1 Å². The quantitative estimate of drug-likeness (QED) is 0.609. The van der Waals surface area contributed by atoms with E-state index < -0.39 is 35.7 Å². The summed E-state index contributed by atoms with van der Waals surface area (Å²) in [5, 5.41) is 2.70. The lowest BCUT2D eigenvalue weighted by molar-refractivity contribution is -0.173. The van der Waals surface area contributed by atoms with Crippen molar-refractivity contribution in [2.75, 3.05) is 6.61 Å². The number of likely N-dealkylation sites (tertiary alicyclic amines) is 1. The average molecular weight is 332 g/mol. The smallest absolute Gasteiger partial charge is 0.306 e. The van der Waals surface area contributed by atoms with Crippen LogP contribution in [0.2, 0.25) is 0 Å². The lowest BCUT2D eigenvalue weighted by Gasteiger charge is -2.43. The van der Waals surface area contributed by atoms with Gasteiger partial charge in [-0.1, -0.05) is 30.3 Å². The Kier molecular flexibility index (Phi) is 5.68. The number of esters is 1. The SMILES string of the molecule is CCOC(=O)C[C@H]1C(=O)N(C(C)=O)[C@H]1C(=O)NCc1ccccc1. The summed E-state index contributed by atoms with van der Waals surface area (Å²) >= 11 is 0. The van der Waals surface area contributed by atoms with Gasteiger partial charge in [0.1, 0.15) is 6.04 Å². The van der Waals surface area contributed by atoms with Gasteiger partial charge in [0.05, 0.1) is 18.9 Å². The zero-order valence-corrected chi connectivity index (χ0v) is 13.7. The Bertz CT molecular complexity index is 644. The van der Waals surface area contributed by atoms with Crippen LogP contribution in [0, 0.1) is 5.92 Å². The van der Waals surface area contributed by atoms with E-state index in [4.69, 9.17) is 4.74 Å². The van der Waals surface area contributed by atoms with Crippen LogP contribution in [0.4, 0.5) is 0 Å². The highest BCUT2D eigenvalue weighted by Gasteiger charge is 2.54. The van der Waals surface area contributed by atoms with Crippen molar-refractivity contribution < 1.29 is 23.9 Å². The number of hydrogen-bond acceptors (Lipinski definition) is 5. The molecule has 0 spiro atoms. The summed E-state index contributed by atoms with van der Waals surface area (Å²) in [7, 11) is 0. The molecule has 0 aromatic heterocycles. The normalized spacial score (nSPS) is 19.4. The van der Waals surface area contributed by atoms with E-state index in [1.807, 2.05) is 30.3 Å². The number of rotatable bonds is 6. The first-order chi connectivity index (χ1) is 11.5. The number of imide groups is 1. The Morgan fingerprint density at radius 1 is 1.21 bits per heavy atom. The maximum absolute atomic E-state index is 12.4. The molecule has 7 nitrogen and oxygen atoms in total. The maximum Gasteiger partial charge on any atom is 0.306 e. The first-order valence-electron chi connectivity index (χ1n) is 7.76. The Balaban J connectivity index is 2.04. The van der Waals surface area contributed by atoms with Gasteiger partial charge in [0.2, 0.25) is 17.7 Å². The lowest BCUT2D eigenvalue weighted by Crippen LogP contribution is -2.68. The highest BCUT2D eigenvalue weighted by Crippen LogP contribution is 2.30. The summed E-state index contributed by atoms with van der Waals surface area (Å²) in [6.45, 7) is 3.35. The summed E-state index contributed by atoms with van der Waals surface area (Å²) in [4.78, 5) is 48.5. The Morgan fingerprint density at radius 2 is 1.88 bits per heavy atom. The Morgan fingerprint density at radius 3 is 2.46 bits per heavy atom. The largest absolute Gasteiger partial charge is 0.466 e. The zero-order chi connectivity index (χ0) is 17.7. The fourth-order valence-electron chi connectivity index (χ4n) is 2.69. The molecule has 1 aliphatic rings. The van der Waals surface area contributed by atoms with E-state index in [-0.39, 0.29) is 19.6 Å². The van der Waals surface area contributed by atoms with Crippen LogP contribution >= 0.6 is 0 Å². The second kappa shape index (κ2) is 7.72. The molecule has 2 atom stereocenters. The van der Waals surface area contributed by atoms with E-state index in [2.05, 4.69) is 5.32 Å². The van der Waals surface area contributed by atoms with E-state index in [0.717, 1.165) is 10.5 Å². The third-order valence-corrected chi connectivity index (χ3v) is 3.82. The van der Waals surface area contributed by atoms with Gasteiger partial charge >= 0.3 is 5.97 Å². The third-order valence-electron chi connectivity index (χ3n) is 3.82. The Hall–Kier alpha value is -2.70. The van der Waals surface area contributed by atoms with E-state index in [0.29, 0.717) is 0 Å². The third kappa shape index (κ3) is 3.79.